The van der Waals surface area contributed by atoms with Gasteiger partial charge in [0.05, 0.1) is 0 Å². The summed E-state index contributed by atoms with van der Waals surface area (Å²) in [5.41, 5.74) is 0.773. The highest BCUT2D eigenvalue weighted by Crippen LogP contribution is 2.09. The topological polar surface area (TPSA) is 35.5 Å². The molecule has 16 heavy (non-hydrogen) atoms. The lowest BCUT2D eigenvalue weighted by molar-refractivity contribution is -0.161. The second-order valence-electron chi connectivity index (χ2n) is 3.36. The van der Waals surface area contributed by atoms with Crippen molar-refractivity contribution in [2.75, 3.05) is 14.2 Å². The maximum atomic E-state index is 13.6. The third-order valence-electron chi connectivity index (χ3n) is 2.23. The first-order chi connectivity index (χ1) is 7.69. The van der Waals surface area contributed by atoms with Crippen molar-refractivity contribution < 1.29 is 18.7 Å². The van der Waals surface area contributed by atoms with Crippen LogP contribution in [0.1, 0.15) is 5.56 Å². The van der Waals surface area contributed by atoms with Gasteiger partial charge in [0.15, 0.2) is 6.17 Å². The number of hydrogen-bond donors (Lipinski definition) is 0. The van der Waals surface area contributed by atoms with E-state index >= 15 is 0 Å². The first kappa shape index (κ1) is 12.8. The summed E-state index contributed by atoms with van der Waals surface area (Å²) in [6.07, 6.45) is -2.69. The molecule has 0 heterocycles. The molecule has 3 nitrogen and oxygen atoms in total. The van der Waals surface area contributed by atoms with Crippen LogP contribution in [0.5, 0.6) is 0 Å². The zero-order valence-electron chi connectivity index (χ0n) is 9.35. The summed E-state index contributed by atoms with van der Waals surface area (Å²) in [6, 6.07) is 8.99. The summed E-state index contributed by atoms with van der Waals surface area (Å²) in [5, 5.41) is 0. The molecular weight excluding hydrogens is 211 g/mol. The van der Waals surface area contributed by atoms with E-state index in [4.69, 9.17) is 9.47 Å². The number of halogens is 1. The van der Waals surface area contributed by atoms with Crippen LogP contribution in [0.25, 0.3) is 0 Å². The SMILES string of the molecule is COC(OC)C(=O)[C@@H](F)Cc1ccccc1. The van der Waals surface area contributed by atoms with Crippen molar-refractivity contribution in [2.24, 2.45) is 0 Å². The third-order valence-corrected chi connectivity index (χ3v) is 2.23. The number of ketones is 1. The van der Waals surface area contributed by atoms with Gasteiger partial charge in [0, 0.05) is 20.6 Å². The zero-order chi connectivity index (χ0) is 12.0. The van der Waals surface area contributed by atoms with Crippen LogP contribution in [0, 0.1) is 0 Å². The van der Waals surface area contributed by atoms with E-state index in [0.29, 0.717) is 0 Å². The molecular formula is C12H15FO3. The maximum absolute atomic E-state index is 13.6. The molecule has 0 aliphatic carbocycles. The van der Waals surface area contributed by atoms with Crippen LogP contribution in [-0.2, 0) is 20.7 Å². The molecule has 0 unspecified atom stereocenters. The van der Waals surface area contributed by atoms with Gasteiger partial charge in [-0.2, -0.15) is 0 Å². The molecule has 0 bridgehead atoms. The molecule has 1 rings (SSSR count). The van der Waals surface area contributed by atoms with Crippen LogP contribution in [0.3, 0.4) is 0 Å². The Morgan fingerprint density at radius 1 is 1.25 bits per heavy atom. The molecule has 0 aliphatic heterocycles. The lowest BCUT2D eigenvalue weighted by atomic mass is 10.1. The van der Waals surface area contributed by atoms with Gasteiger partial charge in [-0.3, -0.25) is 4.79 Å². The number of rotatable bonds is 6. The fourth-order valence-electron chi connectivity index (χ4n) is 1.40. The Labute approximate surface area is 94.2 Å². The van der Waals surface area contributed by atoms with Crippen molar-refractivity contribution in [2.45, 2.75) is 18.9 Å². The maximum Gasteiger partial charge on any atom is 0.222 e. The van der Waals surface area contributed by atoms with Crippen molar-refractivity contribution >= 4 is 5.78 Å². The number of hydrogen-bond acceptors (Lipinski definition) is 3. The molecule has 1 atom stereocenters. The Kier molecular flexibility index (Phi) is 5.08. The number of methoxy groups -OCH3 is 2. The minimum Gasteiger partial charge on any atom is -0.349 e. The lowest BCUT2D eigenvalue weighted by Crippen LogP contribution is -2.33. The Hall–Kier alpha value is -1.26. The van der Waals surface area contributed by atoms with Gasteiger partial charge < -0.3 is 9.47 Å². The highest BCUT2D eigenvalue weighted by molar-refractivity contribution is 5.86. The standard InChI is InChI=1S/C12H15FO3/c1-15-12(16-2)11(14)10(13)8-9-6-4-3-5-7-9/h3-7,10,12H,8H2,1-2H3/t10-/m0/s1. The Balaban J connectivity index is 2.58. The van der Waals surface area contributed by atoms with E-state index in [2.05, 4.69) is 0 Å². The van der Waals surface area contributed by atoms with Gasteiger partial charge in [-0.05, 0) is 5.56 Å². The van der Waals surface area contributed by atoms with Gasteiger partial charge >= 0.3 is 0 Å². The molecule has 1 aromatic carbocycles. The normalized spacial score (nSPS) is 12.8. The number of Topliss-reactive ketones (excluding diaryl/α,β-unsaturated/α-hetero) is 1. The van der Waals surface area contributed by atoms with E-state index in [1.165, 1.54) is 14.2 Å². The molecule has 0 amide bonds. The van der Waals surface area contributed by atoms with Gasteiger partial charge in [0.25, 0.3) is 0 Å². The molecule has 1 aromatic rings. The largest absolute Gasteiger partial charge is 0.349 e. The predicted octanol–water partition coefficient (Wildman–Crippen LogP) is 1.76. The van der Waals surface area contributed by atoms with Crippen molar-refractivity contribution in [1.29, 1.82) is 0 Å². The van der Waals surface area contributed by atoms with Crippen LogP contribution in [0.4, 0.5) is 4.39 Å². The van der Waals surface area contributed by atoms with E-state index in [1.54, 1.807) is 24.3 Å². The molecule has 88 valence electrons. The second kappa shape index (κ2) is 6.35. The number of ether oxygens (including phenoxy) is 2. The Morgan fingerprint density at radius 2 is 1.81 bits per heavy atom. The number of carbonyl (C=O) groups excluding carboxylic acids is 1. The second-order valence-corrected chi connectivity index (χ2v) is 3.36. The first-order valence-electron chi connectivity index (χ1n) is 4.96. The van der Waals surface area contributed by atoms with Crippen molar-refractivity contribution in [3.63, 3.8) is 0 Å². The van der Waals surface area contributed by atoms with Crippen molar-refractivity contribution in [3.05, 3.63) is 35.9 Å². The van der Waals surface area contributed by atoms with Crippen LogP contribution < -0.4 is 0 Å². The van der Waals surface area contributed by atoms with Crippen LogP contribution in [-0.4, -0.2) is 32.5 Å². The summed E-state index contributed by atoms with van der Waals surface area (Å²) in [7, 11) is 2.61. The van der Waals surface area contributed by atoms with E-state index in [0.717, 1.165) is 5.56 Å². The third kappa shape index (κ3) is 3.40. The van der Waals surface area contributed by atoms with E-state index in [1.807, 2.05) is 6.07 Å². The van der Waals surface area contributed by atoms with Gasteiger partial charge in [-0.15, -0.1) is 0 Å². The van der Waals surface area contributed by atoms with Gasteiger partial charge in [-0.25, -0.2) is 4.39 Å². The molecule has 0 saturated carbocycles. The monoisotopic (exact) mass is 226 g/mol. The number of alkyl halides is 1. The summed E-state index contributed by atoms with van der Waals surface area (Å²) in [4.78, 5) is 11.5. The molecule has 0 aliphatic rings. The minimum absolute atomic E-state index is 0.0445. The lowest BCUT2D eigenvalue weighted by Gasteiger charge is -2.14. The molecule has 0 fully saturated rings. The fraction of sp³-hybridized carbons (Fsp3) is 0.417. The summed E-state index contributed by atoms with van der Waals surface area (Å²) in [6.45, 7) is 0. The molecule has 0 radical (unpaired) electrons. The average Bonchev–Trinajstić information content (AvgIpc) is 2.31. The van der Waals surface area contributed by atoms with Crippen LogP contribution in [0.15, 0.2) is 30.3 Å². The molecule has 0 N–H and O–H groups in total. The van der Waals surface area contributed by atoms with Crippen LogP contribution in [0.2, 0.25) is 0 Å². The molecule has 0 saturated heterocycles. The van der Waals surface area contributed by atoms with Crippen molar-refractivity contribution in [3.8, 4) is 0 Å². The molecule has 0 spiro atoms. The fourth-order valence-corrected chi connectivity index (χ4v) is 1.40. The Bertz CT molecular complexity index is 322. The quantitative estimate of drug-likeness (QED) is 0.693. The van der Waals surface area contributed by atoms with Crippen LogP contribution >= 0.6 is 0 Å². The summed E-state index contributed by atoms with van der Waals surface area (Å²) >= 11 is 0. The van der Waals surface area contributed by atoms with E-state index in [-0.39, 0.29) is 6.42 Å². The molecule has 4 heteroatoms. The Morgan fingerprint density at radius 3 is 2.31 bits per heavy atom. The highest BCUT2D eigenvalue weighted by atomic mass is 19.1. The number of carbonyl (C=O) groups is 1. The minimum atomic E-state index is -1.60. The smallest absolute Gasteiger partial charge is 0.222 e. The van der Waals surface area contributed by atoms with Gasteiger partial charge in [-0.1, -0.05) is 30.3 Å². The first-order valence-corrected chi connectivity index (χ1v) is 4.96. The van der Waals surface area contributed by atoms with E-state index < -0.39 is 18.2 Å². The number of benzene rings is 1. The average molecular weight is 226 g/mol. The van der Waals surface area contributed by atoms with Gasteiger partial charge in [0.2, 0.25) is 12.1 Å². The highest BCUT2D eigenvalue weighted by Gasteiger charge is 2.26. The molecule has 0 aromatic heterocycles. The summed E-state index contributed by atoms with van der Waals surface area (Å²) in [5.74, 6) is -0.686. The zero-order valence-corrected chi connectivity index (χ0v) is 9.35. The predicted molar refractivity (Wildman–Crippen MR) is 57.9 cm³/mol. The van der Waals surface area contributed by atoms with Crippen molar-refractivity contribution in [1.82, 2.24) is 0 Å². The van der Waals surface area contributed by atoms with Gasteiger partial charge in [0.1, 0.15) is 0 Å². The van der Waals surface area contributed by atoms with E-state index in [9.17, 15) is 9.18 Å². The summed E-state index contributed by atoms with van der Waals surface area (Å²) < 4.78 is 23.0.